The lowest BCUT2D eigenvalue weighted by Crippen LogP contribution is -2.46. The summed E-state index contributed by atoms with van der Waals surface area (Å²) >= 11 is 5.97. The molecule has 1 aliphatic carbocycles. The number of urea groups is 1. The third-order valence-electron chi connectivity index (χ3n) is 4.29. The van der Waals surface area contributed by atoms with E-state index in [0.717, 1.165) is 23.3 Å². The minimum Gasteiger partial charge on any atom is -0.424 e. The van der Waals surface area contributed by atoms with E-state index in [1.54, 1.807) is 25.1 Å². The second-order valence-electron chi connectivity index (χ2n) is 6.21. The molecule has 0 bridgehead atoms. The number of ether oxygens (including phenoxy) is 1. The maximum atomic E-state index is 12.4. The maximum absolute atomic E-state index is 12.4. The quantitative estimate of drug-likeness (QED) is 0.520. The SMILES string of the molecule is Cc1ccc(Cl)c(OC(=O)CN2C(=O)NC(C)(C3CC3)C2=O)c1. The van der Waals surface area contributed by atoms with Gasteiger partial charge in [0.15, 0.2) is 0 Å². The summed E-state index contributed by atoms with van der Waals surface area (Å²) < 4.78 is 5.18. The lowest BCUT2D eigenvalue weighted by Gasteiger charge is -2.20. The van der Waals surface area contributed by atoms with E-state index in [9.17, 15) is 14.4 Å². The van der Waals surface area contributed by atoms with Crippen molar-refractivity contribution in [1.82, 2.24) is 10.2 Å². The number of carbonyl (C=O) groups is 3. The highest BCUT2D eigenvalue weighted by Crippen LogP contribution is 2.42. The van der Waals surface area contributed by atoms with Crippen molar-refractivity contribution < 1.29 is 19.1 Å². The number of nitrogens with zero attached hydrogens (tertiary/aromatic N) is 1. The number of nitrogens with one attached hydrogen (secondary N) is 1. The van der Waals surface area contributed by atoms with Gasteiger partial charge in [-0.2, -0.15) is 0 Å². The van der Waals surface area contributed by atoms with E-state index in [1.807, 2.05) is 6.92 Å². The van der Waals surface area contributed by atoms with Crippen molar-refractivity contribution in [2.45, 2.75) is 32.2 Å². The van der Waals surface area contributed by atoms with Gasteiger partial charge in [0.25, 0.3) is 5.91 Å². The fourth-order valence-electron chi connectivity index (χ4n) is 2.77. The molecule has 1 aliphatic heterocycles. The number of carbonyl (C=O) groups excluding carboxylic acids is 3. The minimum absolute atomic E-state index is 0.145. The molecule has 1 unspecified atom stereocenters. The van der Waals surface area contributed by atoms with Crippen LogP contribution in [0.3, 0.4) is 0 Å². The highest BCUT2D eigenvalue weighted by molar-refractivity contribution is 6.32. The third kappa shape index (κ3) is 2.91. The Balaban J connectivity index is 1.69. The van der Waals surface area contributed by atoms with Crippen LogP contribution in [-0.4, -0.2) is 34.9 Å². The number of hydrogen-bond acceptors (Lipinski definition) is 4. The topological polar surface area (TPSA) is 75.7 Å². The molecule has 1 N–H and O–H groups in total. The third-order valence-corrected chi connectivity index (χ3v) is 4.60. The zero-order valence-electron chi connectivity index (χ0n) is 12.9. The summed E-state index contributed by atoms with van der Waals surface area (Å²) in [6.45, 7) is 3.11. The number of aryl methyl sites for hydroxylation is 1. The average Bonchev–Trinajstić information content (AvgIpc) is 3.29. The van der Waals surface area contributed by atoms with E-state index in [1.165, 1.54) is 0 Å². The van der Waals surface area contributed by atoms with Gasteiger partial charge in [0.05, 0.1) is 5.02 Å². The van der Waals surface area contributed by atoms with Crippen molar-refractivity contribution in [3.63, 3.8) is 0 Å². The summed E-state index contributed by atoms with van der Waals surface area (Å²) in [5.74, 6) is -0.724. The zero-order chi connectivity index (χ0) is 16.8. The fourth-order valence-corrected chi connectivity index (χ4v) is 2.93. The smallest absolute Gasteiger partial charge is 0.331 e. The van der Waals surface area contributed by atoms with Gasteiger partial charge in [0.1, 0.15) is 17.8 Å². The molecule has 0 aromatic heterocycles. The number of halogens is 1. The second kappa shape index (κ2) is 5.53. The monoisotopic (exact) mass is 336 g/mol. The highest BCUT2D eigenvalue weighted by Gasteiger charge is 2.56. The predicted molar refractivity (Wildman–Crippen MR) is 83.2 cm³/mol. The van der Waals surface area contributed by atoms with E-state index in [4.69, 9.17) is 16.3 Å². The van der Waals surface area contributed by atoms with Crippen LogP contribution >= 0.6 is 11.6 Å². The number of hydrogen-bond donors (Lipinski definition) is 1. The van der Waals surface area contributed by atoms with Crippen molar-refractivity contribution in [2.75, 3.05) is 6.54 Å². The first-order valence-electron chi connectivity index (χ1n) is 7.42. The Bertz CT molecular complexity index is 701. The summed E-state index contributed by atoms with van der Waals surface area (Å²) in [4.78, 5) is 37.4. The van der Waals surface area contributed by atoms with Crippen LogP contribution in [0.1, 0.15) is 25.3 Å². The molecule has 3 amide bonds. The first kappa shape index (κ1) is 15.8. The summed E-state index contributed by atoms with van der Waals surface area (Å²) in [6, 6.07) is 4.48. The highest BCUT2D eigenvalue weighted by atomic mass is 35.5. The lowest BCUT2D eigenvalue weighted by molar-refractivity contribution is -0.141. The Morgan fingerprint density at radius 2 is 2.13 bits per heavy atom. The molecule has 7 heteroatoms. The summed E-state index contributed by atoms with van der Waals surface area (Å²) in [5, 5.41) is 2.98. The van der Waals surface area contributed by atoms with E-state index >= 15 is 0 Å². The van der Waals surface area contributed by atoms with Gasteiger partial charge in [-0.15, -0.1) is 0 Å². The fraction of sp³-hybridized carbons (Fsp3) is 0.438. The predicted octanol–water partition coefficient (Wildman–Crippen LogP) is 2.27. The molecule has 1 aromatic rings. The van der Waals surface area contributed by atoms with Gasteiger partial charge >= 0.3 is 12.0 Å². The molecule has 1 heterocycles. The minimum atomic E-state index is -0.904. The first-order chi connectivity index (χ1) is 10.8. The summed E-state index contributed by atoms with van der Waals surface area (Å²) in [7, 11) is 0. The Morgan fingerprint density at radius 3 is 2.78 bits per heavy atom. The standard InChI is InChI=1S/C16H17ClN2O4/c1-9-3-6-11(17)12(7-9)23-13(20)8-19-14(21)16(2,10-4-5-10)18-15(19)22/h3,6-7,10H,4-5,8H2,1-2H3,(H,18,22). The summed E-state index contributed by atoms with van der Waals surface area (Å²) in [5.41, 5.74) is -0.0216. The van der Waals surface area contributed by atoms with E-state index in [-0.39, 0.29) is 17.6 Å². The van der Waals surface area contributed by atoms with Gasteiger partial charge < -0.3 is 10.1 Å². The van der Waals surface area contributed by atoms with Gasteiger partial charge in [0, 0.05) is 0 Å². The van der Waals surface area contributed by atoms with Gasteiger partial charge in [-0.25, -0.2) is 9.59 Å². The molecule has 2 aliphatic rings. The Morgan fingerprint density at radius 1 is 1.43 bits per heavy atom. The lowest BCUT2D eigenvalue weighted by atomic mass is 9.96. The van der Waals surface area contributed by atoms with Gasteiger partial charge in [-0.05, 0) is 50.3 Å². The molecular weight excluding hydrogens is 320 g/mol. The van der Waals surface area contributed by atoms with Crippen LogP contribution in [0.25, 0.3) is 0 Å². The number of esters is 1. The largest absolute Gasteiger partial charge is 0.424 e. The van der Waals surface area contributed by atoms with Crippen LogP contribution < -0.4 is 10.1 Å². The van der Waals surface area contributed by atoms with Crippen LogP contribution in [0.2, 0.25) is 5.02 Å². The van der Waals surface area contributed by atoms with Crippen LogP contribution in [0.5, 0.6) is 5.75 Å². The molecule has 23 heavy (non-hydrogen) atoms. The van der Waals surface area contributed by atoms with Crippen LogP contribution in [-0.2, 0) is 9.59 Å². The van der Waals surface area contributed by atoms with Crippen molar-refractivity contribution in [3.8, 4) is 5.75 Å². The number of rotatable bonds is 4. The molecule has 1 saturated carbocycles. The second-order valence-corrected chi connectivity index (χ2v) is 6.61. The molecule has 0 spiro atoms. The molecule has 1 aromatic carbocycles. The number of imide groups is 1. The van der Waals surface area contributed by atoms with E-state index in [2.05, 4.69) is 5.32 Å². The average molecular weight is 337 g/mol. The Kier molecular flexibility index (Phi) is 3.80. The van der Waals surface area contributed by atoms with E-state index in [0.29, 0.717) is 5.02 Å². The van der Waals surface area contributed by atoms with Crippen molar-refractivity contribution in [3.05, 3.63) is 28.8 Å². The molecule has 1 atom stereocenters. The number of amides is 3. The molecule has 1 saturated heterocycles. The molecule has 0 radical (unpaired) electrons. The Hall–Kier alpha value is -2.08. The normalized spacial score (nSPS) is 23.9. The van der Waals surface area contributed by atoms with Crippen LogP contribution in [0, 0.1) is 12.8 Å². The van der Waals surface area contributed by atoms with Crippen LogP contribution in [0.15, 0.2) is 18.2 Å². The maximum Gasteiger partial charge on any atom is 0.331 e. The van der Waals surface area contributed by atoms with Gasteiger partial charge in [0.2, 0.25) is 0 Å². The number of benzene rings is 1. The van der Waals surface area contributed by atoms with E-state index < -0.39 is 24.1 Å². The molecular formula is C16H17ClN2O4. The van der Waals surface area contributed by atoms with Gasteiger partial charge in [-0.1, -0.05) is 17.7 Å². The van der Waals surface area contributed by atoms with Crippen molar-refractivity contribution >= 4 is 29.5 Å². The van der Waals surface area contributed by atoms with Crippen molar-refractivity contribution in [1.29, 1.82) is 0 Å². The zero-order valence-corrected chi connectivity index (χ0v) is 13.6. The molecule has 2 fully saturated rings. The first-order valence-corrected chi connectivity index (χ1v) is 7.80. The summed E-state index contributed by atoms with van der Waals surface area (Å²) in [6.07, 6.45) is 1.80. The van der Waals surface area contributed by atoms with Gasteiger partial charge in [-0.3, -0.25) is 9.69 Å². The molecule has 3 rings (SSSR count). The van der Waals surface area contributed by atoms with Crippen molar-refractivity contribution in [2.24, 2.45) is 5.92 Å². The molecule has 6 nitrogen and oxygen atoms in total. The molecule has 122 valence electrons. The van der Waals surface area contributed by atoms with Crippen LogP contribution in [0.4, 0.5) is 4.79 Å². The Labute approximate surface area is 138 Å².